The molecule has 0 bridgehead atoms. The molecule has 0 spiro atoms. The fourth-order valence-corrected chi connectivity index (χ4v) is 2.06. The molecule has 0 atom stereocenters. The molecule has 10 heteroatoms. The number of hydrogen-bond acceptors (Lipinski definition) is 8. The summed E-state index contributed by atoms with van der Waals surface area (Å²) in [6.45, 7) is 0. The van der Waals surface area contributed by atoms with Gasteiger partial charge in [-0.05, 0) is 11.2 Å². The van der Waals surface area contributed by atoms with Crippen LogP contribution in [0.2, 0.25) is 0 Å². The molecule has 0 aliphatic heterocycles. The molecular weight excluding hydrogens is 300 g/mol. The van der Waals surface area contributed by atoms with Crippen LogP contribution in [0.3, 0.4) is 0 Å². The van der Waals surface area contributed by atoms with Gasteiger partial charge in [0.2, 0.25) is 5.16 Å². The Morgan fingerprint density at radius 2 is 2.29 bits per heavy atom. The van der Waals surface area contributed by atoms with Gasteiger partial charge >= 0.3 is 5.97 Å². The SMILES string of the molecule is COc1cc(N=O)cc(-c2nc(SCC(=O)O)n[nH]2)c1O. The van der Waals surface area contributed by atoms with Crippen molar-refractivity contribution in [3.8, 4) is 22.9 Å². The molecule has 3 N–H and O–H groups in total. The predicted molar refractivity (Wildman–Crippen MR) is 73.9 cm³/mol. The van der Waals surface area contributed by atoms with Crippen molar-refractivity contribution in [2.24, 2.45) is 5.18 Å². The molecule has 0 radical (unpaired) electrons. The van der Waals surface area contributed by atoms with Crippen molar-refractivity contribution in [1.29, 1.82) is 0 Å². The van der Waals surface area contributed by atoms with Crippen molar-refractivity contribution in [3.63, 3.8) is 0 Å². The molecule has 9 nitrogen and oxygen atoms in total. The Morgan fingerprint density at radius 1 is 1.52 bits per heavy atom. The van der Waals surface area contributed by atoms with Crippen LogP contribution in [0.1, 0.15) is 0 Å². The maximum absolute atomic E-state index is 10.6. The number of carboxylic acids is 1. The summed E-state index contributed by atoms with van der Waals surface area (Å²) in [5, 5.41) is 28.0. The van der Waals surface area contributed by atoms with Crippen molar-refractivity contribution in [2.45, 2.75) is 5.16 Å². The smallest absolute Gasteiger partial charge is 0.313 e. The highest BCUT2D eigenvalue weighted by molar-refractivity contribution is 7.99. The molecule has 0 saturated heterocycles. The van der Waals surface area contributed by atoms with Gasteiger partial charge in [0.1, 0.15) is 5.69 Å². The number of methoxy groups -OCH3 is 1. The van der Waals surface area contributed by atoms with E-state index in [1.54, 1.807) is 0 Å². The van der Waals surface area contributed by atoms with Crippen LogP contribution in [0.5, 0.6) is 11.5 Å². The summed E-state index contributed by atoms with van der Waals surface area (Å²) in [5.74, 6) is -1.18. The van der Waals surface area contributed by atoms with Gasteiger partial charge in [-0.2, -0.15) is 0 Å². The summed E-state index contributed by atoms with van der Waals surface area (Å²) in [5.41, 5.74) is 0.231. The van der Waals surface area contributed by atoms with E-state index in [1.165, 1.54) is 19.2 Å². The molecule has 0 saturated carbocycles. The first-order valence-electron chi connectivity index (χ1n) is 5.57. The van der Waals surface area contributed by atoms with Crippen LogP contribution in [0, 0.1) is 4.91 Å². The van der Waals surface area contributed by atoms with E-state index in [9.17, 15) is 14.8 Å². The first kappa shape index (κ1) is 14.8. The van der Waals surface area contributed by atoms with Crippen LogP contribution in [0.25, 0.3) is 11.4 Å². The largest absolute Gasteiger partial charge is 0.504 e. The van der Waals surface area contributed by atoms with Crippen molar-refractivity contribution < 1.29 is 19.7 Å². The Bertz CT molecular complexity index is 687. The number of phenols is 1. The zero-order valence-corrected chi connectivity index (χ0v) is 11.5. The molecule has 21 heavy (non-hydrogen) atoms. The minimum atomic E-state index is -0.997. The first-order valence-corrected chi connectivity index (χ1v) is 6.55. The van der Waals surface area contributed by atoms with E-state index in [4.69, 9.17) is 9.84 Å². The van der Waals surface area contributed by atoms with Gasteiger partial charge in [-0.25, -0.2) is 4.98 Å². The number of ether oxygens (including phenoxy) is 1. The molecule has 1 aromatic heterocycles. The molecule has 0 aliphatic rings. The lowest BCUT2D eigenvalue weighted by Gasteiger charge is -2.07. The summed E-state index contributed by atoms with van der Waals surface area (Å²) in [7, 11) is 1.34. The van der Waals surface area contributed by atoms with Crippen molar-refractivity contribution in [3.05, 3.63) is 17.0 Å². The number of nitrogens with one attached hydrogen (secondary N) is 1. The van der Waals surface area contributed by atoms with Crippen LogP contribution in [-0.2, 0) is 4.79 Å². The van der Waals surface area contributed by atoms with Gasteiger partial charge in [0.25, 0.3) is 0 Å². The number of aromatic amines is 1. The Balaban J connectivity index is 2.37. The Labute approximate surface area is 122 Å². The summed E-state index contributed by atoms with van der Waals surface area (Å²) < 4.78 is 4.94. The van der Waals surface area contributed by atoms with Crippen molar-refractivity contribution in [2.75, 3.05) is 12.9 Å². The number of aromatic nitrogens is 3. The third-order valence-electron chi connectivity index (χ3n) is 2.43. The van der Waals surface area contributed by atoms with E-state index in [1.807, 2.05) is 0 Å². The number of nitrogens with zero attached hydrogens (tertiary/aromatic N) is 3. The van der Waals surface area contributed by atoms with Gasteiger partial charge in [0.15, 0.2) is 17.3 Å². The minimum absolute atomic E-state index is 0.0517. The molecular formula is C11H10N4O5S. The number of H-pyrrole nitrogens is 1. The highest BCUT2D eigenvalue weighted by atomic mass is 32.2. The fraction of sp³-hybridized carbons (Fsp3) is 0.182. The topological polar surface area (TPSA) is 138 Å². The number of aliphatic carboxylic acids is 1. The first-order chi connectivity index (χ1) is 10.0. The average molecular weight is 310 g/mol. The standard InChI is InChI=1S/C11H10N4O5S/c1-20-7-3-5(15-19)2-6(9(7)18)10-12-11(14-13-10)21-4-8(16)17/h2-3,18H,4H2,1H3,(H,16,17)(H,12,13,14). The van der Waals surface area contributed by atoms with E-state index >= 15 is 0 Å². The maximum atomic E-state index is 10.6. The number of benzene rings is 1. The van der Waals surface area contributed by atoms with Gasteiger partial charge in [-0.1, -0.05) is 11.8 Å². The second-order valence-corrected chi connectivity index (χ2v) is 4.73. The van der Waals surface area contributed by atoms with Crippen LogP contribution in [0.4, 0.5) is 5.69 Å². The number of carboxylic acid groups (broad SMARTS) is 1. The Hall–Kier alpha value is -2.62. The Morgan fingerprint density at radius 3 is 2.90 bits per heavy atom. The minimum Gasteiger partial charge on any atom is -0.504 e. The summed E-state index contributed by atoms with van der Waals surface area (Å²) in [6.07, 6.45) is 0. The van der Waals surface area contributed by atoms with Gasteiger partial charge in [0, 0.05) is 6.07 Å². The van der Waals surface area contributed by atoms with E-state index in [2.05, 4.69) is 20.4 Å². The van der Waals surface area contributed by atoms with Gasteiger partial charge in [-0.15, -0.1) is 10.0 Å². The number of aromatic hydroxyl groups is 1. The second-order valence-electron chi connectivity index (χ2n) is 3.78. The number of phenolic OH excluding ortho intramolecular Hbond substituents is 1. The maximum Gasteiger partial charge on any atom is 0.313 e. The normalized spacial score (nSPS) is 10.3. The average Bonchev–Trinajstić information content (AvgIpc) is 2.94. The van der Waals surface area contributed by atoms with Crippen LogP contribution in [-0.4, -0.2) is 44.2 Å². The van der Waals surface area contributed by atoms with E-state index in [0.29, 0.717) is 0 Å². The summed E-state index contributed by atoms with van der Waals surface area (Å²) >= 11 is 0.919. The molecule has 1 aromatic carbocycles. The number of nitroso groups, excluding NO2 is 1. The number of carbonyl (C=O) groups is 1. The molecule has 0 aliphatic carbocycles. The second kappa shape index (κ2) is 6.22. The number of rotatable bonds is 6. The zero-order chi connectivity index (χ0) is 15.4. The Kier molecular flexibility index (Phi) is 4.38. The third kappa shape index (κ3) is 3.28. The third-order valence-corrected chi connectivity index (χ3v) is 3.26. The lowest BCUT2D eigenvalue weighted by molar-refractivity contribution is -0.133. The van der Waals surface area contributed by atoms with Crippen LogP contribution in [0.15, 0.2) is 22.5 Å². The highest BCUT2D eigenvalue weighted by Crippen LogP contribution is 2.39. The molecule has 110 valence electrons. The highest BCUT2D eigenvalue weighted by Gasteiger charge is 2.16. The quantitative estimate of drug-likeness (QED) is 0.542. The van der Waals surface area contributed by atoms with Gasteiger partial charge in [0.05, 0.1) is 18.4 Å². The van der Waals surface area contributed by atoms with Crippen molar-refractivity contribution >= 4 is 23.4 Å². The van der Waals surface area contributed by atoms with E-state index < -0.39 is 5.97 Å². The van der Waals surface area contributed by atoms with Crippen LogP contribution < -0.4 is 4.74 Å². The van der Waals surface area contributed by atoms with Crippen molar-refractivity contribution in [1.82, 2.24) is 15.2 Å². The lowest BCUT2D eigenvalue weighted by atomic mass is 10.1. The van der Waals surface area contributed by atoms with E-state index in [-0.39, 0.29) is 39.5 Å². The lowest BCUT2D eigenvalue weighted by Crippen LogP contribution is -1.97. The fourth-order valence-electron chi connectivity index (χ4n) is 1.54. The van der Waals surface area contributed by atoms with E-state index in [0.717, 1.165) is 11.8 Å². The molecule has 2 aromatic rings. The van der Waals surface area contributed by atoms with Gasteiger partial charge in [-0.3, -0.25) is 9.89 Å². The molecule has 1 heterocycles. The number of hydrogen-bond donors (Lipinski definition) is 3. The predicted octanol–water partition coefficient (Wildman–Crippen LogP) is 1.76. The monoisotopic (exact) mass is 310 g/mol. The molecule has 0 unspecified atom stereocenters. The van der Waals surface area contributed by atoms with Crippen LogP contribution >= 0.6 is 11.8 Å². The summed E-state index contributed by atoms with van der Waals surface area (Å²) in [4.78, 5) is 25.2. The zero-order valence-electron chi connectivity index (χ0n) is 10.7. The number of thioether (sulfide) groups is 1. The summed E-state index contributed by atoms with van der Waals surface area (Å²) in [6, 6.07) is 2.60. The molecule has 2 rings (SSSR count). The molecule has 0 fully saturated rings. The van der Waals surface area contributed by atoms with Gasteiger partial charge < -0.3 is 14.9 Å². The molecule has 0 amide bonds.